The van der Waals surface area contributed by atoms with Gasteiger partial charge in [-0.3, -0.25) is 4.98 Å². The lowest BCUT2D eigenvalue weighted by Gasteiger charge is -2.12. The van der Waals surface area contributed by atoms with Crippen molar-refractivity contribution in [2.45, 2.75) is 13.5 Å². The van der Waals surface area contributed by atoms with Crippen LogP contribution in [0.1, 0.15) is 11.1 Å². The van der Waals surface area contributed by atoms with Gasteiger partial charge in [0, 0.05) is 11.6 Å². The molecule has 2 aromatic carbocycles. The summed E-state index contributed by atoms with van der Waals surface area (Å²) in [6.45, 7) is 2.26. The van der Waals surface area contributed by atoms with E-state index in [2.05, 4.69) is 9.97 Å². The first-order chi connectivity index (χ1) is 11.1. The minimum absolute atomic E-state index is 0.272. The van der Waals surface area contributed by atoms with Gasteiger partial charge in [0.05, 0.1) is 18.1 Å². The lowest BCUT2D eigenvalue weighted by Crippen LogP contribution is -1.99. The average Bonchev–Trinajstić information content (AvgIpc) is 2.57. The highest BCUT2D eigenvalue weighted by Gasteiger charge is 2.12. The molecule has 0 aliphatic rings. The minimum Gasteiger partial charge on any atom is -0.489 e. The Labute approximate surface area is 138 Å². The van der Waals surface area contributed by atoms with E-state index in [1.807, 2.05) is 37.3 Å². The van der Waals surface area contributed by atoms with Crippen molar-refractivity contribution in [1.82, 2.24) is 9.97 Å². The van der Waals surface area contributed by atoms with Crippen molar-refractivity contribution in [2.24, 2.45) is 0 Å². The van der Waals surface area contributed by atoms with Crippen LogP contribution in [-0.4, -0.2) is 9.97 Å². The molecule has 0 fully saturated rings. The Morgan fingerprint density at radius 2 is 1.87 bits per heavy atom. The molecule has 0 N–H and O–H groups in total. The normalized spacial score (nSPS) is 10.6. The third kappa shape index (κ3) is 3.66. The Kier molecular flexibility index (Phi) is 4.53. The molecule has 0 bridgehead atoms. The number of hydrogen-bond acceptors (Lipinski definition) is 3. The van der Waals surface area contributed by atoms with Gasteiger partial charge in [-0.1, -0.05) is 41.9 Å². The van der Waals surface area contributed by atoms with Gasteiger partial charge in [-0.2, -0.15) is 0 Å². The zero-order valence-electron chi connectivity index (χ0n) is 12.5. The number of halogens is 2. The van der Waals surface area contributed by atoms with Crippen molar-refractivity contribution in [1.29, 1.82) is 0 Å². The molecular weight excluding hydrogens is 315 g/mol. The van der Waals surface area contributed by atoms with Crippen LogP contribution in [0.4, 0.5) is 4.39 Å². The number of aromatic nitrogens is 2. The molecule has 0 spiro atoms. The molecule has 0 saturated carbocycles. The summed E-state index contributed by atoms with van der Waals surface area (Å²) in [6.07, 6.45) is 2.84. The first-order valence-corrected chi connectivity index (χ1v) is 7.46. The van der Waals surface area contributed by atoms with Gasteiger partial charge >= 0.3 is 0 Å². The predicted octanol–water partition coefficient (Wildman–Crippen LogP) is 4.82. The van der Waals surface area contributed by atoms with Crippen LogP contribution in [0, 0.1) is 12.7 Å². The van der Waals surface area contributed by atoms with E-state index in [0.29, 0.717) is 23.6 Å². The number of rotatable bonds is 4. The Hall–Kier alpha value is -2.46. The zero-order chi connectivity index (χ0) is 16.2. The van der Waals surface area contributed by atoms with Crippen molar-refractivity contribution < 1.29 is 9.13 Å². The first-order valence-electron chi connectivity index (χ1n) is 7.08. The molecule has 1 heterocycles. The summed E-state index contributed by atoms with van der Waals surface area (Å²) in [6, 6.07) is 12.8. The first kappa shape index (κ1) is 15.4. The summed E-state index contributed by atoms with van der Waals surface area (Å²) < 4.78 is 20.1. The highest BCUT2D eigenvalue weighted by atomic mass is 35.5. The van der Waals surface area contributed by atoms with Crippen LogP contribution >= 0.6 is 11.6 Å². The summed E-state index contributed by atoms with van der Waals surface area (Å²) in [4.78, 5) is 8.03. The lowest BCUT2D eigenvalue weighted by molar-refractivity contribution is 0.302. The monoisotopic (exact) mass is 328 g/mol. The molecule has 0 saturated heterocycles. The van der Waals surface area contributed by atoms with Gasteiger partial charge < -0.3 is 4.74 Å². The van der Waals surface area contributed by atoms with Gasteiger partial charge in [0.25, 0.3) is 0 Å². The van der Waals surface area contributed by atoms with E-state index in [0.717, 1.165) is 11.1 Å². The standard InChI is InChI=1S/C18H14ClFN2O/c1-12-7-14(16-9-22-18(19)10-21-16)15(20)8-17(12)23-11-13-5-3-2-4-6-13/h2-10H,11H2,1H3. The highest BCUT2D eigenvalue weighted by Crippen LogP contribution is 2.29. The fourth-order valence-electron chi connectivity index (χ4n) is 2.20. The van der Waals surface area contributed by atoms with E-state index in [9.17, 15) is 4.39 Å². The van der Waals surface area contributed by atoms with Crippen LogP contribution in [0.3, 0.4) is 0 Å². The third-order valence-electron chi connectivity index (χ3n) is 3.40. The predicted molar refractivity (Wildman–Crippen MR) is 87.9 cm³/mol. The van der Waals surface area contributed by atoms with Crippen molar-refractivity contribution in [2.75, 3.05) is 0 Å². The average molecular weight is 329 g/mol. The summed E-state index contributed by atoms with van der Waals surface area (Å²) in [5, 5.41) is 0.272. The van der Waals surface area contributed by atoms with E-state index in [4.69, 9.17) is 16.3 Å². The molecule has 3 aromatic rings. The molecule has 1 aromatic heterocycles. The fraction of sp³-hybridized carbons (Fsp3) is 0.111. The van der Waals surface area contributed by atoms with Crippen LogP contribution in [0.15, 0.2) is 54.9 Å². The minimum atomic E-state index is -0.407. The maximum absolute atomic E-state index is 14.4. The molecule has 0 amide bonds. The largest absolute Gasteiger partial charge is 0.489 e. The number of ether oxygens (including phenoxy) is 1. The molecule has 23 heavy (non-hydrogen) atoms. The SMILES string of the molecule is Cc1cc(-c2cnc(Cl)cn2)c(F)cc1OCc1ccccc1. The van der Waals surface area contributed by atoms with Crippen molar-refractivity contribution in [3.8, 4) is 17.0 Å². The Bertz CT molecular complexity index is 807. The quantitative estimate of drug-likeness (QED) is 0.688. The fourth-order valence-corrected chi connectivity index (χ4v) is 2.30. The lowest BCUT2D eigenvalue weighted by atomic mass is 10.1. The van der Waals surface area contributed by atoms with Crippen LogP contribution in [0.2, 0.25) is 5.15 Å². The second kappa shape index (κ2) is 6.75. The molecule has 5 heteroatoms. The van der Waals surface area contributed by atoms with E-state index in [-0.39, 0.29) is 5.15 Å². The Morgan fingerprint density at radius 1 is 1.09 bits per heavy atom. The van der Waals surface area contributed by atoms with Gasteiger partial charge in [0.15, 0.2) is 0 Å². The summed E-state index contributed by atoms with van der Waals surface area (Å²) in [5.41, 5.74) is 2.66. The van der Waals surface area contributed by atoms with E-state index >= 15 is 0 Å². The van der Waals surface area contributed by atoms with Gasteiger partial charge in [-0.15, -0.1) is 0 Å². The van der Waals surface area contributed by atoms with Gasteiger partial charge in [0.1, 0.15) is 23.3 Å². The maximum Gasteiger partial charge on any atom is 0.147 e. The van der Waals surface area contributed by atoms with Gasteiger partial charge in [-0.25, -0.2) is 9.37 Å². The molecule has 3 rings (SSSR count). The Balaban J connectivity index is 1.84. The maximum atomic E-state index is 14.4. The summed E-state index contributed by atoms with van der Waals surface area (Å²) in [7, 11) is 0. The smallest absolute Gasteiger partial charge is 0.147 e. The van der Waals surface area contributed by atoms with Crippen LogP contribution < -0.4 is 4.74 Å². The zero-order valence-corrected chi connectivity index (χ0v) is 13.2. The third-order valence-corrected chi connectivity index (χ3v) is 3.59. The van der Waals surface area contributed by atoms with Gasteiger partial charge in [-0.05, 0) is 24.1 Å². The van der Waals surface area contributed by atoms with Crippen molar-refractivity contribution in [3.05, 3.63) is 77.0 Å². The van der Waals surface area contributed by atoms with Crippen molar-refractivity contribution >= 4 is 11.6 Å². The second-order valence-electron chi connectivity index (χ2n) is 5.10. The Morgan fingerprint density at radius 3 is 2.57 bits per heavy atom. The van der Waals surface area contributed by atoms with Crippen LogP contribution in [-0.2, 0) is 6.61 Å². The summed E-state index contributed by atoms with van der Waals surface area (Å²) in [5.74, 6) is 0.104. The molecule has 116 valence electrons. The van der Waals surface area contributed by atoms with Crippen molar-refractivity contribution in [3.63, 3.8) is 0 Å². The van der Waals surface area contributed by atoms with Crippen LogP contribution in [0.25, 0.3) is 11.3 Å². The number of hydrogen-bond donors (Lipinski definition) is 0. The molecule has 3 nitrogen and oxygen atoms in total. The molecule has 0 aliphatic carbocycles. The number of aryl methyl sites for hydroxylation is 1. The number of benzene rings is 2. The topological polar surface area (TPSA) is 35.0 Å². The summed E-state index contributed by atoms with van der Waals surface area (Å²) >= 11 is 5.71. The molecular formula is C18H14ClFN2O. The van der Waals surface area contributed by atoms with Crippen LogP contribution in [0.5, 0.6) is 5.75 Å². The molecule has 0 radical (unpaired) electrons. The van der Waals surface area contributed by atoms with E-state index < -0.39 is 5.82 Å². The highest BCUT2D eigenvalue weighted by molar-refractivity contribution is 6.29. The van der Waals surface area contributed by atoms with E-state index in [1.165, 1.54) is 18.5 Å². The number of nitrogens with zero attached hydrogens (tertiary/aromatic N) is 2. The molecule has 0 unspecified atom stereocenters. The molecule has 0 aliphatic heterocycles. The second-order valence-corrected chi connectivity index (χ2v) is 5.48. The van der Waals surface area contributed by atoms with Gasteiger partial charge in [0.2, 0.25) is 0 Å². The molecule has 0 atom stereocenters. The van der Waals surface area contributed by atoms with E-state index in [1.54, 1.807) is 6.07 Å².